The number of aromatic nitrogens is 1. The van der Waals surface area contributed by atoms with Gasteiger partial charge in [-0.1, -0.05) is 37.1 Å². The van der Waals surface area contributed by atoms with Crippen LogP contribution < -0.4 is 0 Å². The number of rotatable bonds is 4. The minimum atomic E-state index is 0.246. The van der Waals surface area contributed by atoms with E-state index in [0.29, 0.717) is 12.5 Å². The Bertz CT molecular complexity index is 918. The van der Waals surface area contributed by atoms with E-state index in [0.717, 1.165) is 19.4 Å². The molecule has 4 rings (SSSR count). The second-order valence-corrected chi connectivity index (χ2v) is 7.29. The number of carbonyl (C=O) groups is 1. The van der Waals surface area contributed by atoms with Crippen molar-refractivity contribution < 1.29 is 4.79 Å². The molecule has 1 heterocycles. The van der Waals surface area contributed by atoms with E-state index in [1.54, 1.807) is 0 Å². The lowest BCUT2D eigenvalue weighted by molar-refractivity contribution is -0.134. The van der Waals surface area contributed by atoms with Crippen LogP contribution in [-0.2, 0) is 17.9 Å². The van der Waals surface area contributed by atoms with Crippen molar-refractivity contribution in [3.63, 3.8) is 0 Å². The molecule has 25 heavy (non-hydrogen) atoms. The number of amides is 1. The van der Waals surface area contributed by atoms with Gasteiger partial charge in [0.1, 0.15) is 0 Å². The van der Waals surface area contributed by atoms with Crippen LogP contribution in [0.25, 0.3) is 21.8 Å². The summed E-state index contributed by atoms with van der Waals surface area (Å²) in [7, 11) is 1.94. The predicted molar refractivity (Wildman–Crippen MR) is 104 cm³/mol. The smallest absolute Gasteiger partial charge is 0.225 e. The molecule has 0 unspecified atom stereocenters. The first kappa shape index (κ1) is 16.2. The molecule has 2 aromatic carbocycles. The van der Waals surface area contributed by atoms with E-state index in [2.05, 4.69) is 54.0 Å². The third-order valence-corrected chi connectivity index (χ3v) is 5.65. The average Bonchev–Trinajstić information content (AvgIpc) is 3.27. The fraction of sp³-hybridized carbons (Fsp3) is 0.409. The SMILES string of the molecule is CCn1c2ccccc2c2cc(CN(C)C(=O)C3CCCC3)ccc21. The number of nitrogens with zero attached hydrogens (tertiary/aromatic N) is 2. The van der Waals surface area contributed by atoms with E-state index in [1.165, 1.54) is 40.2 Å². The molecule has 1 aliphatic rings. The zero-order valence-corrected chi connectivity index (χ0v) is 15.2. The molecule has 0 N–H and O–H groups in total. The summed E-state index contributed by atoms with van der Waals surface area (Å²) < 4.78 is 2.36. The number of hydrogen-bond acceptors (Lipinski definition) is 1. The van der Waals surface area contributed by atoms with Crippen molar-refractivity contribution in [1.82, 2.24) is 9.47 Å². The van der Waals surface area contributed by atoms with Crippen LogP contribution in [0.15, 0.2) is 42.5 Å². The van der Waals surface area contributed by atoms with E-state index in [9.17, 15) is 4.79 Å². The van der Waals surface area contributed by atoms with Gasteiger partial charge in [-0.2, -0.15) is 0 Å². The van der Waals surface area contributed by atoms with Gasteiger partial charge < -0.3 is 9.47 Å². The highest BCUT2D eigenvalue weighted by molar-refractivity contribution is 6.08. The predicted octanol–water partition coefficient (Wildman–Crippen LogP) is 4.96. The number of hydrogen-bond donors (Lipinski definition) is 0. The second-order valence-electron chi connectivity index (χ2n) is 7.29. The maximum Gasteiger partial charge on any atom is 0.225 e. The number of fused-ring (bicyclic) bond motifs is 3. The van der Waals surface area contributed by atoms with Crippen molar-refractivity contribution in [3.05, 3.63) is 48.0 Å². The van der Waals surface area contributed by atoms with Crippen molar-refractivity contribution in [2.45, 2.75) is 45.7 Å². The lowest BCUT2D eigenvalue weighted by Crippen LogP contribution is -2.31. The Morgan fingerprint density at radius 3 is 2.56 bits per heavy atom. The van der Waals surface area contributed by atoms with Crippen molar-refractivity contribution in [2.75, 3.05) is 7.05 Å². The van der Waals surface area contributed by atoms with E-state index in [1.807, 2.05) is 11.9 Å². The highest BCUT2D eigenvalue weighted by Crippen LogP contribution is 2.30. The summed E-state index contributed by atoms with van der Waals surface area (Å²) in [5.41, 5.74) is 3.77. The van der Waals surface area contributed by atoms with Gasteiger partial charge in [-0.15, -0.1) is 0 Å². The normalized spacial score (nSPS) is 15.3. The number of carbonyl (C=O) groups excluding carboxylic acids is 1. The van der Waals surface area contributed by atoms with E-state index in [-0.39, 0.29) is 5.92 Å². The Morgan fingerprint density at radius 1 is 1.08 bits per heavy atom. The lowest BCUT2D eigenvalue weighted by atomic mass is 10.1. The van der Waals surface area contributed by atoms with Crippen LogP contribution in [-0.4, -0.2) is 22.4 Å². The van der Waals surface area contributed by atoms with Gasteiger partial charge in [0.05, 0.1) is 0 Å². The van der Waals surface area contributed by atoms with Gasteiger partial charge in [0.2, 0.25) is 5.91 Å². The minimum absolute atomic E-state index is 0.246. The monoisotopic (exact) mass is 334 g/mol. The maximum absolute atomic E-state index is 12.6. The highest BCUT2D eigenvalue weighted by atomic mass is 16.2. The fourth-order valence-electron chi connectivity index (χ4n) is 4.38. The van der Waals surface area contributed by atoms with Crippen LogP contribution in [0, 0.1) is 5.92 Å². The molecular weight excluding hydrogens is 308 g/mol. The van der Waals surface area contributed by atoms with E-state index >= 15 is 0 Å². The largest absolute Gasteiger partial charge is 0.341 e. The molecule has 1 aliphatic carbocycles. The lowest BCUT2D eigenvalue weighted by Gasteiger charge is -2.21. The van der Waals surface area contributed by atoms with Gasteiger partial charge in [-0.05, 0) is 43.5 Å². The van der Waals surface area contributed by atoms with E-state index in [4.69, 9.17) is 0 Å². The molecule has 3 nitrogen and oxygen atoms in total. The number of para-hydroxylation sites is 1. The molecule has 0 spiro atoms. The third-order valence-electron chi connectivity index (χ3n) is 5.65. The topological polar surface area (TPSA) is 25.2 Å². The molecule has 1 aromatic heterocycles. The molecule has 3 heteroatoms. The summed E-state index contributed by atoms with van der Waals surface area (Å²) in [6.07, 6.45) is 4.53. The first-order valence-corrected chi connectivity index (χ1v) is 9.44. The molecule has 0 radical (unpaired) electrons. The van der Waals surface area contributed by atoms with Crippen LogP contribution in [0.5, 0.6) is 0 Å². The van der Waals surface area contributed by atoms with Crippen molar-refractivity contribution in [1.29, 1.82) is 0 Å². The summed E-state index contributed by atoms with van der Waals surface area (Å²) in [6, 6.07) is 15.2. The van der Waals surface area contributed by atoms with Gasteiger partial charge in [0.25, 0.3) is 0 Å². The van der Waals surface area contributed by atoms with Gasteiger partial charge in [0.15, 0.2) is 0 Å². The summed E-state index contributed by atoms with van der Waals surface area (Å²) >= 11 is 0. The maximum atomic E-state index is 12.6. The van der Waals surface area contributed by atoms with Gasteiger partial charge >= 0.3 is 0 Å². The standard InChI is InChI=1S/C22H26N2O/c1-3-24-20-11-7-6-10-18(20)19-14-16(12-13-21(19)24)15-23(2)22(25)17-8-4-5-9-17/h6-7,10-14,17H,3-5,8-9,15H2,1-2H3. The summed E-state index contributed by atoms with van der Waals surface area (Å²) in [5.74, 6) is 0.560. The molecule has 0 aliphatic heterocycles. The van der Waals surface area contributed by atoms with Crippen molar-refractivity contribution in [3.8, 4) is 0 Å². The molecule has 1 fully saturated rings. The van der Waals surface area contributed by atoms with Gasteiger partial charge in [-0.3, -0.25) is 4.79 Å². The van der Waals surface area contributed by atoms with Gasteiger partial charge in [0, 0.05) is 47.9 Å². The fourth-order valence-corrected chi connectivity index (χ4v) is 4.38. The molecular formula is C22H26N2O. The Balaban J connectivity index is 1.67. The Labute approximate surface area is 149 Å². The van der Waals surface area contributed by atoms with E-state index < -0.39 is 0 Å². The zero-order chi connectivity index (χ0) is 17.4. The zero-order valence-electron chi connectivity index (χ0n) is 15.2. The van der Waals surface area contributed by atoms with Crippen LogP contribution in [0.3, 0.4) is 0 Å². The second kappa shape index (κ2) is 6.55. The molecule has 0 bridgehead atoms. The average molecular weight is 334 g/mol. The van der Waals surface area contributed by atoms with Crippen LogP contribution in [0.2, 0.25) is 0 Å². The summed E-state index contributed by atoms with van der Waals surface area (Å²) in [4.78, 5) is 14.5. The Morgan fingerprint density at radius 2 is 1.80 bits per heavy atom. The Kier molecular flexibility index (Phi) is 4.24. The quantitative estimate of drug-likeness (QED) is 0.662. The summed E-state index contributed by atoms with van der Waals surface area (Å²) in [6.45, 7) is 3.84. The molecule has 1 amide bonds. The number of benzene rings is 2. The van der Waals surface area contributed by atoms with Crippen LogP contribution >= 0.6 is 0 Å². The molecule has 0 saturated heterocycles. The summed E-state index contributed by atoms with van der Waals surface area (Å²) in [5, 5.41) is 2.59. The first-order chi connectivity index (χ1) is 12.2. The number of aryl methyl sites for hydroxylation is 1. The minimum Gasteiger partial charge on any atom is -0.341 e. The molecule has 0 atom stereocenters. The van der Waals surface area contributed by atoms with Crippen LogP contribution in [0.1, 0.15) is 38.2 Å². The first-order valence-electron chi connectivity index (χ1n) is 9.44. The van der Waals surface area contributed by atoms with Crippen LogP contribution in [0.4, 0.5) is 0 Å². The third kappa shape index (κ3) is 2.82. The van der Waals surface area contributed by atoms with Crippen molar-refractivity contribution in [2.24, 2.45) is 5.92 Å². The highest BCUT2D eigenvalue weighted by Gasteiger charge is 2.25. The molecule has 130 valence electrons. The van der Waals surface area contributed by atoms with Gasteiger partial charge in [-0.25, -0.2) is 0 Å². The molecule has 3 aromatic rings. The van der Waals surface area contributed by atoms with Crippen molar-refractivity contribution >= 4 is 27.7 Å². The molecule has 1 saturated carbocycles. The Hall–Kier alpha value is -2.29.